The molecule has 0 fully saturated rings. The van der Waals surface area contributed by atoms with Crippen molar-refractivity contribution >= 4 is 40.7 Å². The average Bonchev–Trinajstić information content (AvgIpc) is 3.28. The van der Waals surface area contributed by atoms with Crippen LogP contribution in [-0.4, -0.2) is 35.0 Å². The number of carboxylic acid groups (broad SMARTS) is 1. The van der Waals surface area contributed by atoms with Crippen molar-refractivity contribution in [1.29, 1.82) is 0 Å². The lowest BCUT2D eigenvalue weighted by atomic mass is 10.0. The third-order valence-electron chi connectivity index (χ3n) is 4.21. The molecular weight excluding hydrogens is 492 g/mol. The first-order chi connectivity index (χ1) is 16.7. The molecule has 0 bridgehead atoms. The lowest BCUT2D eigenvalue weighted by molar-refractivity contribution is -0.113. The van der Waals surface area contributed by atoms with Gasteiger partial charge in [0.1, 0.15) is 5.56 Å². The molecule has 0 radical (unpaired) electrons. The minimum atomic E-state index is -2.97. The number of thiophene rings is 1. The van der Waals surface area contributed by atoms with Gasteiger partial charge in [0.15, 0.2) is 0 Å². The fourth-order valence-corrected chi connectivity index (χ4v) is 4.36. The van der Waals surface area contributed by atoms with Crippen molar-refractivity contribution in [2.24, 2.45) is 0 Å². The highest BCUT2D eigenvalue weighted by atomic mass is 32.2. The Kier molecular flexibility index (Phi) is 12.6. The summed E-state index contributed by atoms with van der Waals surface area (Å²) in [6.07, 6.45) is 3.28. The SMILES string of the molecule is C=CC=C.CC(F)(F)c1ccc(-c2scc(NC(=O)CSc3ccccc3)c2C(=O)O)cc1.CO. The number of aromatic carboxylic acids is 1. The van der Waals surface area contributed by atoms with E-state index in [0.717, 1.165) is 30.3 Å². The van der Waals surface area contributed by atoms with Crippen LogP contribution in [0.25, 0.3) is 10.4 Å². The molecule has 0 aliphatic heterocycles. The predicted octanol–water partition coefficient (Wildman–Crippen LogP) is 6.92. The van der Waals surface area contributed by atoms with E-state index in [2.05, 4.69) is 18.5 Å². The Morgan fingerprint density at radius 2 is 1.63 bits per heavy atom. The van der Waals surface area contributed by atoms with Crippen molar-refractivity contribution in [3.63, 3.8) is 0 Å². The van der Waals surface area contributed by atoms with Crippen molar-refractivity contribution in [1.82, 2.24) is 0 Å². The summed E-state index contributed by atoms with van der Waals surface area (Å²) in [6, 6.07) is 14.8. The lowest BCUT2D eigenvalue weighted by Crippen LogP contribution is -2.15. The second-order valence-electron chi connectivity index (χ2n) is 6.75. The van der Waals surface area contributed by atoms with E-state index in [4.69, 9.17) is 5.11 Å². The maximum absolute atomic E-state index is 13.4. The summed E-state index contributed by atoms with van der Waals surface area (Å²) in [6.45, 7) is 7.52. The topological polar surface area (TPSA) is 86.6 Å². The van der Waals surface area contributed by atoms with Crippen LogP contribution in [0.2, 0.25) is 0 Å². The van der Waals surface area contributed by atoms with E-state index in [-0.39, 0.29) is 28.5 Å². The van der Waals surface area contributed by atoms with E-state index >= 15 is 0 Å². The van der Waals surface area contributed by atoms with E-state index in [1.165, 1.54) is 36.0 Å². The number of hydrogen-bond acceptors (Lipinski definition) is 5. The molecule has 0 saturated carbocycles. The van der Waals surface area contributed by atoms with Crippen molar-refractivity contribution in [3.8, 4) is 10.4 Å². The van der Waals surface area contributed by atoms with Crippen molar-refractivity contribution in [2.45, 2.75) is 17.7 Å². The summed E-state index contributed by atoms with van der Waals surface area (Å²) in [5.74, 6) is -4.36. The van der Waals surface area contributed by atoms with Gasteiger partial charge in [-0.15, -0.1) is 23.1 Å². The third kappa shape index (κ3) is 9.48. The van der Waals surface area contributed by atoms with Gasteiger partial charge in [0.05, 0.1) is 16.3 Å². The van der Waals surface area contributed by atoms with E-state index < -0.39 is 11.9 Å². The largest absolute Gasteiger partial charge is 0.478 e. The van der Waals surface area contributed by atoms with Gasteiger partial charge in [-0.2, -0.15) is 0 Å². The number of halogens is 2. The van der Waals surface area contributed by atoms with Gasteiger partial charge in [0, 0.05) is 29.9 Å². The molecule has 9 heteroatoms. The first-order valence-electron chi connectivity index (χ1n) is 10.2. The molecular formula is C26H27F2NO4S2. The molecule has 1 amide bonds. The first kappa shape index (κ1) is 29.8. The lowest BCUT2D eigenvalue weighted by Gasteiger charge is -2.11. The number of rotatable bonds is 8. The number of benzene rings is 2. The van der Waals surface area contributed by atoms with Gasteiger partial charge in [-0.25, -0.2) is 13.6 Å². The monoisotopic (exact) mass is 519 g/mol. The second-order valence-corrected chi connectivity index (χ2v) is 8.67. The summed E-state index contributed by atoms with van der Waals surface area (Å²) in [5.41, 5.74) is 0.492. The maximum Gasteiger partial charge on any atom is 0.339 e. The van der Waals surface area contributed by atoms with Gasteiger partial charge in [0.2, 0.25) is 5.91 Å². The fourth-order valence-electron chi connectivity index (χ4n) is 2.64. The summed E-state index contributed by atoms with van der Waals surface area (Å²) in [4.78, 5) is 25.4. The molecule has 3 N–H and O–H groups in total. The van der Waals surface area contributed by atoms with Crippen LogP contribution < -0.4 is 5.32 Å². The predicted molar refractivity (Wildman–Crippen MR) is 141 cm³/mol. The molecule has 2 aromatic carbocycles. The number of alkyl halides is 2. The molecule has 0 atom stereocenters. The molecule has 0 unspecified atom stereocenters. The first-order valence-corrected chi connectivity index (χ1v) is 12.0. The van der Waals surface area contributed by atoms with Crippen molar-refractivity contribution < 1.29 is 28.6 Å². The highest BCUT2D eigenvalue weighted by Crippen LogP contribution is 2.37. The van der Waals surface area contributed by atoms with Crippen LogP contribution in [0, 0.1) is 0 Å². The van der Waals surface area contributed by atoms with Crippen molar-refractivity contribution in [2.75, 3.05) is 18.2 Å². The minimum absolute atomic E-state index is 0.0518. The summed E-state index contributed by atoms with van der Waals surface area (Å²) in [5, 5.41) is 20.8. The number of anilines is 1. The van der Waals surface area contributed by atoms with Gasteiger partial charge in [-0.1, -0.05) is 67.8 Å². The van der Waals surface area contributed by atoms with Crippen LogP contribution in [0.4, 0.5) is 14.5 Å². The standard InChI is InChI=1S/C21H17F2NO3S2.C4H6.CH4O/c1-21(22,23)14-9-7-13(8-10-14)19-18(20(26)27)16(11-29-19)24-17(25)12-28-15-5-3-2-4-6-15;1-3-4-2;1-2/h2-11H,12H2,1H3,(H,24,25)(H,26,27);3-4H,1-2H2;2H,1H3. The fraction of sp³-hybridized carbons (Fsp3) is 0.154. The molecule has 0 spiro atoms. The number of carbonyl (C=O) groups excluding carboxylic acids is 1. The van der Waals surface area contributed by atoms with E-state index in [0.29, 0.717) is 10.4 Å². The van der Waals surface area contributed by atoms with Crippen LogP contribution in [0.5, 0.6) is 0 Å². The molecule has 1 aromatic heterocycles. The van der Waals surface area contributed by atoms with Crippen LogP contribution in [0.1, 0.15) is 22.8 Å². The molecule has 0 aliphatic carbocycles. The van der Waals surface area contributed by atoms with Gasteiger partial charge in [-0.05, 0) is 17.7 Å². The van der Waals surface area contributed by atoms with Crippen LogP contribution >= 0.6 is 23.1 Å². The van der Waals surface area contributed by atoms with Gasteiger partial charge in [-0.3, -0.25) is 4.79 Å². The summed E-state index contributed by atoms with van der Waals surface area (Å²) >= 11 is 2.48. The number of carboxylic acids is 1. The Labute approximate surface area is 211 Å². The summed E-state index contributed by atoms with van der Waals surface area (Å²) < 4.78 is 26.8. The number of thioether (sulfide) groups is 1. The smallest absolute Gasteiger partial charge is 0.339 e. The Bertz CT molecular complexity index is 1100. The zero-order chi connectivity index (χ0) is 26.4. The van der Waals surface area contributed by atoms with Crippen LogP contribution in [0.3, 0.4) is 0 Å². The van der Waals surface area contributed by atoms with E-state index in [1.54, 1.807) is 17.5 Å². The molecule has 5 nitrogen and oxygen atoms in total. The Morgan fingerprint density at radius 1 is 1.06 bits per heavy atom. The molecule has 3 aromatic rings. The van der Waals surface area contributed by atoms with Crippen molar-refractivity contribution in [3.05, 3.63) is 96.4 Å². The highest BCUT2D eigenvalue weighted by molar-refractivity contribution is 8.00. The number of carbonyl (C=O) groups is 2. The highest BCUT2D eigenvalue weighted by Gasteiger charge is 2.25. The number of allylic oxidation sites excluding steroid dienone is 2. The zero-order valence-electron chi connectivity index (χ0n) is 19.3. The normalized spacial score (nSPS) is 10.1. The zero-order valence-corrected chi connectivity index (χ0v) is 21.0. The van der Waals surface area contributed by atoms with Gasteiger partial charge < -0.3 is 15.5 Å². The molecule has 3 rings (SSSR count). The average molecular weight is 520 g/mol. The number of amides is 1. The Hall–Kier alpha value is -3.27. The second kappa shape index (κ2) is 14.9. The molecule has 1 heterocycles. The Balaban J connectivity index is 0.000000926. The summed E-state index contributed by atoms with van der Waals surface area (Å²) in [7, 11) is 1.00. The quantitative estimate of drug-likeness (QED) is 0.222. The van der Waals surface area contributed by atoms with Gasteiger partial charge in [0.25, 0.3) is 5.92 Å². The molecule has 0 saturated heterocycles. The van der Waals surface area contributed by atoms with Gasteiger partial charge >= 0.3 is 5.97 Å². The number of aliphatic hydroxyl groups is 1. The van der Waals surface area contributed by atoms with E-state index in [9.17, 15) is 23.5 Å². The maximum atomic E-state index is 13.4. The third-order valence-corrected chi connectivity index (χ3v) is 6.25. The van der Waals surface area contributed by atoms with Crippen LogP contribution in [0.15, 0.2) is 90.2 Å². The number of aliphatic hydroxyl groups excluding tert-OH is 1. The van der Waals surface area contributed by atoms with Crippen LogP contribution in [-0.2, 0) is 10.7 Å². The number of nitrogens with one attached hydrogen (secondary N) is 1. The molecule has 186 valence electrons. The minimum Gasteiger partial charge on any atom is -0.478 e. The van der Waals surface area contributed by atoms with E-state index in [1.807, 2.05) is 30.3 Å². The molecule has 0 aliphatic rings. The number of hydrogen-bond donors (Lipinski definition) is 3. The molecule has 35 heavy (non-hydrogen) atoms. The Morgan fingerprint density at radius 3 is 2.11 bits per heavy atom.